The molecular weight excluding hydrogens is 623 g/mol. The molecule has 1 N–H and O–H groups in total. The van der Waals surface area contributed by atoms with Gasteiger partial charge in [-0.2, -0.15) is 0 Å². The maximum Gasteiger partial charge on any atom is 0.338 e. The minimum atomic E-state index is -0.667. The lowest BCUT2D eigenvalue weighted by atomic mass is 9.96. The zero-order chi connectivity index (χ0) is 26.9. The van der Waals surface area contributed by atoms with Crippen LogP contribution < -0.4 is 19.6 Å². The third kappa shape index (κ3) is 5.65. The number of hydrogen-bond acceptors (Lipinski definition) is 8. The fourth-order valence-electron chi connectivity index (χ4n) is 4.06. The number of thiazole rings is 1. The highest BCUT2D eigenvalue weighted by Gasteiger charge is 2.33. The number of aromatic hydroxyl groups is 1. The van der Waals surface area contributed by atoms with Crippen LogP contribution >= 0.6 is 45.7 Å². The van der Waals surface area contributed by atoms with E-state index in [4.69, 9.17) is 9.47 Å². The predicted molar refractivity (Wildman–Crippen MR) is 155 cm³/mol. The fraction of sp³-hybridized carbons (Fsp3) is 0.296. The maximum absolute atomic E-state index is 13.8. The molecule has 0 radical (unpaired) electrons. The monoisotopic (exact) mass is 650 g/mol. The summed E-state index contributed by atoms with van der Waals surface area (Å²) < 4.78 is 13.8. The molecule has 2 aromatic carbocycles. The van der Waals surface area contributed by atoms with Crippen molar-refractivity contribution in [3.05, 3.63) is 82.1 Å². The lowest BCUT2D eigenvalue weighted by Gasteiger charge is -2.25. The first kappa shape index (κ1) is 27.5. The highest BCUT2D eigenvalue weighted by Crippen LogP contribution is 2.34. The molecule has 0 amide bonds. The van der Waals surface area contributed by atoms with Crippen LogP contribution in [-0.2, 0) is 9.53 Å². The van der Waals surface area contributed by atoms with Crippen LogP contribution in [0.5, 0.6) is 11.5 Å². The van der Waals surface area contributed by atoms with E-state index < -0.39 is 12.0 Å². The maximum atomic E-state index is 13.8. The standard InChI is InChI=1S/C27H27IN2O5S2/c1-6-34-20-12-16(11-19(28)24(20)31)13-21-25(32)30-23(17-7-9-18(36-5)10-8-17)22(26(33)35-14(2)3)15(4)29-27(30)37-21/h7-14,23,31H,6H2,1-5H3/b21-13-/t23-/m0/s1. The topological polar surface area (TPSA) is 90.1 Å². The van der Waals surface area contributed by atoms with Gasteiger partial charge in [-0.3, -0.25) is 9.36 Å². The number of nitrogens with zero attached hydrogens (tertiary/aromatic N) is 2. The molecule has 0 bridgehead atoms. The quantitative estimate of drug-likeness (QED) is 0.228. The van der Waals surface area contributed by atoms with E-state index in [0.717, 1.165) is 10.5 Å². The summed E-state index contributed by atoms with van der Waals surface area (Å²) in [5, 5.41) is 10.3. The molecule has 2 heterocycles. The van der Waals surface area contributed by atoms with E-state index >= 15 is 0 Å². The van der Waals surface area contributed by atoms with Crippen molar-refractivity contribution in [1.82, 2.24) is 4.57 Å². The Labute approximate surface area is 236 Å². The number of rotatable bonds is 7. The molecule has 37 heavy (non-hydrogen) atoms. The van der Waals surface area contributed by atoms with E-state index in [0.29, 0.717) is 42.1 Å². The number of carbonyl (C=O) groups is 1. The van der Waals surface area contributed by atoms with E-state index in [-0.39, 0.29) is 17.4 Å². The van der Waals surface area contributed by atoms with Gasteiger partial charge in [-0.05, 0) is 98.0 Å². The summed E-state index contributed by atoms with van der Waals surface area (Å²) in [6, 6.07) is 10.6. The SMILES string of the molecule is CCOc1cc(/C=c2\sc3n(c2=O)[C@@H](c2ccc(SC)cc2)C(C(=O)OC(C)C)=C(C)N=3)cc(I)c1O. The van der Waals surface area contributed by atoms with E-state index in [1.807, 2.05) is 60.0 Å². The zero-order valence-electron chi connectivity index (χ0n) is 21.1. The third-order valence-electron chi connectivity index (χ3n) is 5.66. The van der Waals surface area contributed by atoms with Gasteiger partial charge in [0.05, 0.1) is 38.1 Å². The van der Waals surface area contributed by atoms with Crippen LogP contribution in [0.2, 0.25) is 0 Å². The summed E-state index contributed by atoms with van der Waals surface area (Å²) in [5.74, 6) is -0.0626. The Kier molecular flexibility index (Phi) is 8.49. The minimum absolute atomic E-state index is 0.0682. The number of phenols is 1. The number of thioether (sulfide) groups is 1. The Morgan fingerprint density at radius 1 is 1.30 bits per heavy atom. The Morgan fingerprint density at radius 3 is 2.62 bits per heavy atom. The molecule has 1 aliphatic heterocycles. The minimum Gasteiger partial charge on any atom is -0.504 e. The molecule has 0 spiro atoms. The van der Waals surface area contributed by atoms with Crippen molar-refractivity contribution < 1.29 is 19.4 Å². The Hall–Kier alpha value is -2.57. The number of hydrogen-bond donors (Lipinski definition) is 1. The van der Waals surface area contributed by atoms with Gasteiger partial charge in [-0.1, -0.05) is 23.5 Å². The first-order valence-corrected chi connectivity index (χ1v) is 14.8. The van der Waals surface area contributed by atoms with E-state index in [2.05, 4.69) is 4.99 Å². The normalized spacial score (nSPS) is 15.5. The molecular formula is C27H27IN2O5S2. The highest BCUT2D eigenvalue weighted by atomic mass is 127. The van der Waals surface area contributed by atoms with Crippen molar-refractivity contribution in [2.75, 3.05) is 12.9 Å². The third-order valence-corrected chi connectivity index (χ3v) is 8.21. The molecule has 1 aromatic heterocycles. The van der Waals surface area contributed by atoms with Gasteiger partial charge in [0, 0.05) is 4.90 Å². The van der Waals surface area contributed by atoms with Gasteiger partial charge < -0.3 is 14.6 Å². The zero-order valence-corrected chi connectivity index (χ0v) is 24.9. The van der Waals surface area contributed by atoms with Gasteiger partial charge in [0.15, 0.2) is 16.3 Å². The largest absolute Gasteiger partial charge is 0.504 e. The number of carbonyl (C=O) groups excluding carboxylic acids is 1. The number of aromatic nitrogens is 1. The Bertz CT molecular complexity index is 1560. The second kappa shape index (κ2) is 11.4. The summed E-state index contributed by atoms with van der Waals surface area (Å²) in [5.41, 5.74) is 2.13. The molecule has 10 heteroatoms. The number of phenolic OH excluding ortho intramolecular Hbond substituents is 1. The van der Waals surface area contributed by atoms with Gasteiger partial charge in [-0.25, -0.2) is 9.79 Å². The molecule has 0 saturated carbocycles. The van der Waals surface area contributed by atoms with Gasteiger partial charge in [-0.15, -0.1) is 11.8 Å². The van der Waals surface area contributed by atoms with Gasteiger partial charge >= 0.3 is 5.97 Å². The van der Waals surface area contributed by atoms with Gasteiger partial charge in [0.2, 0.25) is 0 Å². The molecule has 0 saturated heterocycles. The molecule has 4 rings (SSSR count). The van der Waals surface area contributed by atoms with Crippen LogP contribution in [0.4, 0.5) is 0 Å². The average Bonchev–Trinajstić information content (AvgIpc) is 3.15. The first-order valence-electron chi connectivity index (χ1n) is 11.7. The van der Waals surface area contributed by atoms with Crippen LogP contribution in [0.1, 0.15) is 44.9 Å². The molecule has 7 nitrogen and oxygen atoms in total. The van der Waals surface area contributed by atoms with E-state index in [1.165, 1.54) is 11.3 Å². The molecule has 0 fully saturated rings. The molecule has 1 atom stereocenters. The van der Waals surface area contributed by atoms with Crippen molar-refractivity contribution in [2.24, 2.45) is 4.99 Å². The van der Waals surface area contributed by atoms with Crippen molar-refractivity contribution in [1.29, 1.82) is 0 Å². The predicted octanol–water partition coefficient (Wildman–Crippen LogP) is 4.62. The number of halogens is 1. The van der Waals surface area contributed by atoms with Crippen molar-refractivity contribution in [2.45, 2.75) is 44.7 Å². The summed E-state index contributed by atoms with van der Waals surface area (Å²) in [4.78, 5) is 33.2. The van der Waals surface area contributed by atoms with Crippen LogP contribution in [-0.4, -0.2) is 34.6 Å². The Morgan fingerprint density at radius 2 is 2.00 bits per heavy atom. The van der Waals surface area contributed by atoms with E-state index in [9.17, 15) is 14.7 Å². The van der Waals surface area contributed by atoms with Crippen LogP contribution in [0.3, 0.4) is 0 Å². The first-order chi connectivity index (χ1) is 17.6. The van der Waals surface area contributed by atoms with E-state index in [1.54, 1.807) is 55.3 Å². The van der Waals surface area contributed by atoms with Crippen LogP contribution in [0.15, 0.2) is 62.4 Å². The van der Waals surface area contributed by atoms with Crippen molar-refractivity contribution in [3.63, 3.8) is 0 Å². The van der Waals surface area contributed by atoms with Crippen LogP contribution in [0, 0.1) is 3.57 Å². The van der Waals surface area contributed by atoms with Gasteiger partial charge in [0.25, 0.3) is 5.56 Å². The molecule has 194 valence electrons. The Balaban J connectivity index is 1.92. The average molecular weight is 651 g/mol. The number of benzene rings is 2. The smallest absolute Gasteiger partial charge is 0.338 e. The van der Waals surface area contributed by atoms with Crippen molar-refractivity contribution >= 4 is 57.7 Å². The lowest BCUT2D eigenvalue weighted by molar-refractivity contribution is -0.143. The number of allylic oxidation sites excluding steroid dienone is 1. The summed E-state index contributed by atoms with van der Waals surface area (Å²) >= 11 is 4.91. The molecule has 0 aliphatic carbocycles. The lowest BCUT2D eigenvalue weighted by Crippen LogP contribution is -2.40. The van der Waals surface area contributed by atoms with Crippen LogP contribution in [0.25, 0.3) is 6.08 Å². The summed E-state index contributed by atoms with van der Waals surface area (Å²) in [6.07, 6.45) is 3.44. The highest BCUT2D eigenvalue weighted by molar-refractivity contribution is 14.1. The molecule has 3 aromatic rings. The second-order valence-electron chi connectivity index (χ2n) is 8.59. The number of esters is 1. The summed E-state index contributed by atoms with van der Waals surface area (Å²) in [7, 11) is 0. The molecule has 0 unspecified atom stereocenters. The molecule has 1 aliphatic rings. The summed E-state index contributed by atoms with van der Waals surface area (Å²) in [6.45, 7) is 7.60. The fourth-order valence-corrected chi connectivity index (χ4v) is 6.14. The number of fused-ring (bicyclic) bond motifs is 1. The second-order valence-corrected chi connectivity index (χ2v) is 11.6. The van der Waals surface area contributed by atoms with Crippen molar-refractivity contribution in [3.8, 4) is 11.5 Å². The number of ether oxygens (including phenoxy) is 2. The van der Waals surface area contributed by atoms with Gasteiger partial charge in [0.1, 0.15) is 0 Å².